The first-order chi connectivity index (χ1) is 7.90. The van der Waals surface area contributed by atoms with E-state index in [1.807, 2.05) is 18.8 Å². The zero-order valence-corrected chi connectivity index (χ0v) is 9.74. The number of H-pyrrole nitrogens is 2. The number of carbonyl (C=O) groups is 1. The SMILES string of the molecule is CC(C)C(N)CNC(=O)c1cc(=O)[nH]c(=O)[nH]1. The summed E-state index contributed by atoms with van der Waals surface area (Å²) >= 11 is 0. The fourth-order valence-electron chi connectivity index (χ4n) is 1.13. The van der Waals surface area contributed by atoms with Crippen molar-refractivity contribution in [3.63, 3.8) is 0 Å². The second-order valence-corrected chi connectivity index (χ2v) is 4.12. The largest absolute Gasteiger partial charge is 0.349 e. The molecule has 0 radical (unpaired) electrons. The van der Waals surface area contributed by atoms with Crippen molar-refractivity contribution < 1.29 is 4.79 Å². The van der Waals surface area contributed by atoms with E-state index >= 15 is 0 Å². The van der Waals surface area contributed by atoms with Crippen LogP contribution in [0, 0.1) is 5.92 Å². The van der Waals surface area contributed by atoms with E-state index in [4.69, 9.17) is 5.73 Å². The normalized spacial score (nSPS) is 12.5. The summed E-state index contributed by atoms with van der Waals surface area (Å²) in [4.78, 5) is 37.7. The van der Waals surface area contributed by atoms with Crippen molar-refractivity contribution in [3.8, 4) is 0 Å². The Labute approximate surface area is 97.4 Å². The molecule has 0 spiro atoms. The highest BCUT2D eigenvalue weighted by molar-refractivity contribution is 5.92. The number of aromatic nitrogens is 2. The predicted molar refractivity (Wildman–Crippen MR) is 62.8 cm³/mol. The minimum atomic E-state index is -0.712. The van der Waals surface area contributed by atoms with Gasteiger partial charge in [0.25, 0.3) is 11.5 Å². The average molecular weight is 240 g/mol. The smallest absolute Gasteiger partial charge is 0.326 e. The standard InChI is InChI=1S/C10H16N4O3/c1-5(2)6(11)4-12-9(16)7-3-8(15)14-10(17)13-7/h3,5-6H,4,11H2,1-2H3,(H,12,16)(H2,13,14,15,17). The highest BCUT2D eigenvalue weighted by Gasteiger charge is 2.11. The Bertz CT molecular complexity index is 475. The molecule has 0 fully saturated rings. The molecule has 0 saturated carbocycles. The van der Waals surface area contributed by atoms with Gasteiger partial charge in [0.05, 0.1) is 0 Å². The Morgan fingerprint density at radius 1 is 1.41 bits per heavy atom. The molecule has 0 aliphatic carbocycles. The van der Waals surface area contributed by atoms with Crippen molar-refractivity contribution >= 4 is 5.91 Å². The molecule has 94 valence electrons. The summed E-state index contributed by atoms with van der Waals surface area (Å²) < 4.78 is 0. The Balaban J connectivity index is 2.71. The molecule has 5 N–H and O–H groups in total. The quantitative estimate of drug-likeness (QED) is 0.527. The third kappa shape index (κ3) is 3.87. The lowest BCUT2D eigenvalue weighted by Crippen LogP contribution is -2.41. The monoisotopic (exact) mass is 240 g/mol. The molecule has 0 aliphatic heterocycles. The molecular formula is C10H16N4O3. The van der Waals surface area contributed by atoms with Gasteiger partial charge in [0.15, 0.2) is 0 Å². The second kappa shape index (κ2) is 5.44. The Kier molecular flexibility index (Phi) is 4.22. The molecule has 1 aromatic heterocycles. The van der Waals surface area contributed by atoms with Crippen molar-refractivity contribution in [1.29, 1.82) is 0 Å². The number of rotatable bonds is 4. The lowest BCUT2D eigenvalue weighted by molar-refractivity contribution is 0.0943. The van der Waals surface area contributed by atoms with Crippen molar-refractivity contribution in [1.82, 2.24) is 15.3 Å². The number of aromatic amines is 2. The molecule has 0 saturated heterocycles. The maximum atomic E-state index is 11.6. The minimum absolute atomic E-state index is 0.0743. The molecule has 1 rings (SSSR count). The summed E-state index contributed by atoms with van der Waals surface area (Å²) in [6, 6.07) is 0.852. The van der Waals surface area contributed by atoms with Crippen LogP contribution < -0.4 is 22.3 Å². The summed E-state index contributed by atoms with van der Waals surface area (Å²) in [6.45, 7) is 4.16. The van der Waals surface area contributed by atoms with E-state index in [1.165, 1.54) is 0 Å². The van der Waals surface area contributed by atoms with Crippen molar-refractivity contribution in [2.24, 2.45) is 11.7 Å². The zero-order valence-electron chi connectivity index (χ0n) is 9.74. The van der Waals surface area contributed by atoms with Crippen LogP contribution in [0.15, 0.2) is 15.7 Å². The van der Waals surface area contributed by atoms with Crippen LogP contribution in [-0.4, -0.2) is 28.5 Å². The average Bonchev–Trinajstić information content (AvgIpc) is 2.23. The van der Waals surface area contributed by atoms with Crippen LogP contribution in [0.4, 0.5) is 0 Å². The topological polar surface area (TPSA) is 121 Å². The number of amides is 1. The lowest BCUT2D eigenvalue weighted by atomic mass is 10.1. The fourth-order valence-corrected chi connectivity index (χ4v) is 1.13. The van der Waals surface area contributed by atoms with Gasteiger partial charge >= 0.3 is 5.69 Å². The predicted octanol–water partition coefficient (Wildman–Crippen LogP) is -1.22. The minimum Gasteiger partial charge on any atom is -0.349 e. The lowest BCUT2D eigenvalue weighted by Gasteiger charge is -2.15. The molecule has 7 heteroatoms. The molecule has 1 amide bonds. The molecular weight excluding hydrogens is 224 g/mol. The fraction of sp³-hybridized carbons (Fsp3) is 0.500. The maximum Gasteiger partial charge on any atom is 0.326 e. The van der Waals surface area contributed by atoms with Crippen LogP contribution in [0.25, 0.3) is 0 Å². The van der Waals surface area contributed by atoms with E-state index in [0.29, 0.717) is 0 Å². The first-order valence-corrected chi connectivity index (χ1v) is 5.27. The maximum absolute atomic E-state index is 11.6. The number of carbonyl (C=O) groups excluding carboxylic acids is 1. The van der Waals surface area contributed by atoms with Gasteiger partial charge in [0.2, 0.25) is 0 Å². The summed E-state index contributed by atoms with van der Waals surface area (Å²) in [6.07, 6.45) is 0. The van der Waals surface area contributed by atoms with E-state index in [1.54, 1.807) is 0 Å². The van der Waals surface area contributed by atoms with Crippen LogP contribution >= 0.6 is 0 Å². The summed E-state index contributed by atoms with van der Waals surface area (Å²) in [5.74, 6) is -0.294. The van der Waals surface area contributed by atoms with Gasteiger partial charge in [-0.15, -0.1) is 0 Å². The summed E-state index contributed by atoms with van der Waals surface area (Å²) in [7, 11) is 0. The molecule has 1 aromatic rings. The Hall–Kier alpha value is -1.89. The van der Waals surface area contributed by atoms with Crippen LogP contribution in [0.5, 0.6) is 0 Å². The zero-order chi connectivity index (χ0) is 13.0. The van der Waals surface area contributed by atoms with Crippen molar-refractivity contribution in [2.45, 2.75) is 19.9 Å². The van der Waals surface area contributed by atoms with Gasteiger partial charge in [-0.1, -0.05) is 13.8 Å². The molecule has 7 nitrogen and oxygen atoms in total. The van der Waals surface area contributed by atoms with Gasteiger partial charge in [-0.3, -0.25) is 14.6 Å². The third-order valence-electron chi connectivity index (χ3n) is 2.36. The van der Waals surface area contributed by atoms with Crippen LogP contribution in [0.1, 0.15) is 24.3 Å². The molecule has 0 bridgehead atoms. The van der Waals surface area contributed by atoms with Gasteiger partial charge in [-0.25, -0.2) is 4.79 Å². The van der Waals surface area contributed by atoms with Crippen LogP contribution in [0.3, 0.4) is 0 Å². The van der Waals surface area contributed by atoms with Gasteiger partial charge < -0.3 is 16.0 Å². The number of hydrogen-bond acceptors (Lipinski definition) is 4. The molecule has 17 heavy (non-hydrogen) atoms. The highest BCUT2D eigenvalue weighted by atomic mass is 16.2. The van der Waals surface area contributed by atoms with Crippen molar-refractivity contribution in [2.75, 3.05) is 6.54 Å². The van der Waals surface area contributed by atoms with E-state index in [9.17, 15) is 14.4 Å². The summed E-state index contributed by atoms with van der Waals surface area (Å²) in [5.41, 5.74) is 4.34. The van der Waals surface area contributed by atoms with E-state index < -0.39 is 17.2 Å². The molecule has 0 aliphatic rings. The number of nitrogens with one attached hydrogen (secondary N) is 3. The van der Waals surface area contributed by atoms with Crippen LogP contribution in [-0.2, 0) is 0 Å². The van der Waals surface area contributed by atoms with Gasteiger partial charge in [0.1, 0.15) is 5.69 Å². The van der Waals surface area contributed by atoms with E-state index in [2.05, 4.69) is 10.3 Å². The van der Waals surface area contributed by atoms with Crippen LogP contribution in [0.2, 0.25) is 0 Å². The first-order valence-electron chi connectivity index (χ1n) is 5.27. The number of nitrogens with two attached hydrogens (primary N) is 1. The first kappa shape index (κ1) is 13.2. The third-order valence-corrected chi connectivity index (χ3v) is 2.36. The van der Waals surface area contributed by atoms with Gasteiger partial charge in [-0.05, 0) is 5.92 Å². The number of hydrogen-bond donors (Lipinski definition) is 4. The van der Waals surface area contributed by atoms with Gasteiger partial charge in [-0.2, -0.15) is 0 Å². The van der Waals surface area contributed by atoms with Gasteiger partial charge in [0, 0.05) is 18.7 Å². The molecule has 1 unspecified atom stereocenters. The Morgan fingerprint density at radius 3 is 2.59 bits per heavy atom. The van der Waals surface area contributed by atoms with E-state index in [0.717, 1.165) is 6.07 Å². The highest BCUT2D eigenvalue weighted by Crippen LogP contribution is 1.96. The molecule has 1 atom stereocenters. The second-order valence-electron chi connectivity index (χ2n) is 4.12. The van der Waals surface area contributed by atoms with E-state index in [-0.39, 0.29) is 24.2 Å². The molecule has 0 aromatic carbocycles. The Morgan fingerprint density at radius 2 is 2.06 bits per heavy atom. The van der Waals surface area contributed by atoms with Crippen molar-refractivity contribution in [3.05, 3.63) is 32.6 Å². The summed E-state index contributed by atoms with van der Waals surface area (Å²) in [5, 5.41) is 2.55. The molecule has 1 heterocycles.